The number of rotatable bonds is 4. The van der Waals surface area contributed by atoms with Gasteiger partial charge in [0.2, 0.25) is 16.0 Å². The maximum atomic E-state index is 11.6. The van der Waals surface area contributed by atoms with Gasteiger partial charge in [0, 0.05) is 10.0 Å². The Balaban J connectivity index is 1.75. The minimum Gasteiger partial charge on any atom is -0.347 e. The second-order valence-electron chi connectivity index (χ2n) is 6.63. The molecule has 7 nitrogen and oxygen atoms in total. The molecule has 1 aromatic heterocycles. The number of hydrogen-bond acceptors (Lipinski definition) is 5. The molecular weight excluding hydrogens is 421 g/mol. The maximum Gasteiger partial charge on any atom is 0.257 e. The van der Waals surface area contributed by atoms with Gasteiger partial charge in [-0.2, -0.15) is 4.98 Å². The summed E-state index contributed by atoms with van der Waals surface area (Å²) in [6, 6.07) is 14.9. The van der Waals surface area contributed by atoms with E-state index in [9.17, 15) is 8.42 Å². The van der Waals surface area contributed by atoms with Crippen LogP contribution in [0.3, 0.4) is 0 Å². The summed E-state index contributed by atoms with van der Waals surface area (Å²) < 4.78 is 27.2. The van der Waals surface area contributed by atoms with Crippen LogP contribution in [0.1, 0.15) is 29.6 Å². The van der Waals surface area contributed by atoms with E-state index in [2.05, 4.69) is 20.1 Å². The molecule has 2 atom stereocenters. The Labute approximate surface area is 172 Å². The summed E-state index contributed by atoms with van der Waals surface area (Å²) in [4.78, 5) is 4.32. The first-order valence-electron chi connectivity index (χ1n) is 8.50. The molecular formula is C18H17Cl2N5O2S. The molecule has 0 saturated carbocycles. The number of aromatic nitrogens is 3. The van der Waals surface area contributed by atoms with Crippen molar-refractivity contribution in [2.75, 3.05) is 16.3 Å². The Kier molecular flexibility index (Phi) is 4.95. The van der Waals surface area contributed by atoms with E-state index >= 15 is 0 Å². The molecule has 2 heterocycles. The molecule has 10 heteroatoms. The van der Waals surface area contributed by atoms with Crippen molar-refractivity contribution in [3.63, 3.8) is 0 Å². The van der Waals surface area contributed by atoms with Gasteiger partial charge in [0.1, 0.15) is 0 Å². The second-order valence-corrected chi connectivity index (χ2v) is 9.25. The van der Waals surface area contributed by atoms with Gasteiger partial charge in [-0.1, -0.05) is 47.5 Å². The summed E-state index contributed by atoms with van der Waals surface area (Å²) in [5.74, 6) is 0.512. The molecule has 1 aliphatic heterocycles. The summed E-state index contributed by atoms with van der Waals surface area (Å²) in [5.41, 5.74) is 2.05. The molecule has 0 bridgehead atoms. The first-order valence-corrected chi connectivity index (χ1v) is 11.1. The van der Waals surface area contributed by atoms with Gasteiger partial charge >= 0.3 is 0 Å². The second kappa shape index (κ2) is 7.27. The van der Waals surface area contributed by atoms with Crippen molar-refractivity contribution in [3.05, 3.63) is 69.7 Å². The number of sulfonamides is 1. The zero-order valence-corrected chi connectivity index (χ0v) is 17.1. The molecule has 0 unspecified atom stereocenters. The Hall–Kier alpha value is -2.29. The van der Waals surface area contributed by atoms with Crippen LogP contribution in [0.25, 0.3) is 0 Å². The van der Waals surface area contributed by atoms with E-state index in [0.29, 0.717) is 22.4 Å². The molecule has 3 aromatic rings. The molecule has 146 valence electrons. The van der Waals surface area contributed by atoms with Crippen molar-refractivity contribution in [1.29, 1.82) is 0 Å². The summed E-state index contributed by atoms with van der Waals surface area (Å²) in [5, 5.41) is 9.00. The zero-order chi connectivity index (χ0) is 19.9. The molecule has 0 spiro atoms. The van der Waals surface area contributed by atoms with Crippen molar-refractivity contribution in [1.82, 2.24) is 14.8 Å². The average Bonchev–Trinajstić information content (AvgIpc) is 3.02. The fourth-order valence-corrected chi connectivity index (χ4v) is 3.93. The van der Waals surface area contributed by atoms with Crippen molar-refractivity contribution in [2.45, 2.75) is 18.5 Å². The third-order valence-electron chi connectivity index (χ3n) is 4.49. The highest BCUT2D eigenvalue weighted by Gasteiger charge is 2.31. The molecule has 28 heavy (non-hydrogen) atoms. The van der Waals surface area contributed by atoms with Crippen molar-refractivity contribution >= 4 is 45.1 Å². The van der Waals surface area contributed by atoms with Crippen molar-refractivity contribution in [2.24, 2.45) is 0 Å². The molecule has 0 saturated heterocycles. The van der Waals surface area contributed by atoms with Gasteiger partial charge in [0.15, 0.2) is 0 Å². The smallest absolute Gasteiger partial charge is 0.257 e. The predicted molar refractivity (Wildman–Crippen MR) is 111 cm³/mol. The van der Waals surface area contributed by atoms with Crippen LogP contribution in [0.2, 0.25) is 10.0 Å². The van der Waals surface area contributed by atoms with Crippen LogP contribution in [0, 0.1) is 0 Å². The Morgan fingerprint density at radius 1 is 1.04 bits per heavy atom. The van der Waals surface area contributed by atoms with Gasteiger partial charge in [0.05, 0.1) is 18.3 Å². The van der Waals surface area contributed by atoms with Crippen LogP contribution in [0.5, 0.6) is 0 Å². The Morgan fingerprint density at radius 3 is 2.18 bits per heavy atom. The molecule has 4 rings (SSSR count). The number of fused-ring (bicyclic) bond motifs is 1. The average molecular weight is 438 g/mol. The molecule has 0 radical (unpaired) electrons. The van der Waals surface area contributed by atoms with Crippen molar-refractivity contribution in [3.8, 4) is 0 Å². The van der Waals surface area contributed by atoms with Crippen molar-refractivity contribution < 1.29 is 8.42 Å². The molecule has 1 aliphatic rings. The molecule has 2 N–H and O–H groups in total. The highest BCUT2D eigenvalue weighted by Crippen LogP contribution is 2.38. The number of benzene rings is 2. The first kappa shape index (κ1) is 19.0. The number of nitrogens with zero attached hydrogens (tertiary/aromatic N) is 3. The quantitative estimate of drug-likeness (QED) is 0.640. The maximum absolute atomic E-state index is 11.6. The van der Waals surface area contributed by atoms with Crippen LogP contribution in [0.15, 0.2) is 48.5 Å². The summed E-state index contributed by atoms with van der Waals surface area (Å²) in [7, 11) is -3.48. The van der Waals surface area contributed by atoms with Crippen LogP contribution in [-0.2, 0) is 10.0 Å². The van der Waals surface area contributed by atoms with Gasteiger partial charge in [-0.25, -0.2) is 13.1 Å². The largest absolute Gasteiger partial charge is 0.347 e. The van der Waals surface area contributed by atoms with E-state index in [1.54, 1.807) is 4.68 Å². The summed E-state index contributed by atoms with van der Waals surface area (Å²) in [6.45, 7) is 0. The standard InChI is InChI=1S/C18H17Cl2N5O2S/c1-28(26,27)24-17-22-18-21-15(11-2-6-13(19)7-3-11)10-16(25(18)23-17)12-4-8-14(20)9-5-12/h2-9,15-16H,10H2,1H3,(H2,21,22,23,24)/t15-,16+/m1/s1. The van der Waals surface area contributed by atoms with E-state index in [4.69, 9.17) is 23.2 Å². The van der Waals surface area contributed by atoms with Gasteiger partial charge in [0.25, 0.3) is 5.95 Å². The monoisotopic (exact) mass is 437 g/mol. The lowest BCUT2D eigenvalue weighted by Gasteiger charge is -2.31. The van der Waals surface area contributed by atoms with Gasteiger partial charge in [-0.05, 0) is 41.8 Å². The topological polar surface area (TPSA) is 88.9 Å². The lowest BCUT2D eigenvalue weighted by molar-refractivity contribution is 0.431. The van der Waals surface area contributed by atoms with Gasteiger partial charge < -0.3 is 5.32 Å². The highest BCUT2D eigenvalue weighted by atomic mass is 35.5. The SMILES string of the molecule is CS(=O)(=O)Nc1nc2n(n1)[C@H](c1ccc(Cl)cc1)C[C@H](c1ccc(Cl)cc1)N2. The number of hydrogen-bond donors (Lipinski definition) is 2. The lowest BCUT2D eigenvalue weighted by Crippen LogP contribution is -2.28. The van der Waals surface area contributed by atoms with E-state index in [0.717, 1.165) is 17.4 Å². The Bertz CT molecular complexity index is 1100. The molecule has 0 aliphatic carbocycles. The van der Waals surface area contributed by atoms with E-state index < -0.39 is 10.0 Å². The van der Waals surface area contributed by atoms with E-state index in [-0.39, 0.29) is 18.0 Å². The molecule has 2 aromatic carbocycles. The molecule has 0 amide bonds. The predicted octanol–water partition coefficient (Wildman–Crippen LogP) is 4.10. The first-order chi connectivity index (χ1) is 13.3. The molecule has 0 fully saturated rings. The fourth-order valence-electron chi connectivity index (χ4n) is 3.26. The van der Waals surface area contributed by atoms with E-state index in [1.165, 1.54) is 0 Å². The summed E-state index contributed by atoms with van der Waals surface area (Å²) >= 11 is 12.0. The normalized spacial score (nSPS) is 19.0. The van der Waals surface area contributed by atoms with Crippen LogP contribution in [0.4, 0.5) is 11.9 Å². The summed E-state index contributed by atoms with van der Waals surface area (Å²) in [6.07, 6.45) is 1.76. The lowest BCUT2D eigenvalue weighted by atomic mass is 9.93. The minimum atomic E-state index is -3.48. The van der Waals surface area contributed by atoms with Crippen LogP contribution < -0.4 is 10.0 Å². The van der Waals surface area contributed by atoms with Crippen LogP contribution in [-0.4, -0.2) is 29.4 Å². The highest BCUT2D eigenvalue weighted by molar-refractivity contribution is 7.91. The van der Waals surface area contributed by atoms with Gasteiger partial charge in [-0.15, -0.1) is 5.10 Å². The number of anilines is 2. The number of halogens is 2. The number of nitrogens with one attached hydrogen (secondary N) is 2. The third kappa shape index (κ3) is 4.09. The van der Waals surface area contributed by atoms with Crippen LogP contribution >= 0.6 is 23.2 Å². The Morgan fingerprint density at radius 2 is 1.61 bits per heavy atom. The zero-order valence-electron chi connectivity index (χ0n) is 14.8. The fraction of sp³-hybridized carbons (Fsp3) is 0.222. The van der Waals surface area contributed by atoms with Gasteiger partial charge in [-0.3, -0.25) is 4.72 Å². The third-order valence-corrected chi connectivity index (χ3v) is 5.55. The minimum absolute atomic E-state index is 0.0284. The van der Waals surface area contributed by atoms with E-state index in [1.807, 2.05) is 48.5 Å².